The van der Waals surface area contributed by atoms with E-state index in [-0.39, 0.29) is 18.1 Å². The summed E-state index contributed by atoms with van der Waals surface area (Å²) in [5.41, 5.74) is 3.19. The van der Waals surface area contributed by atoms with E-state index in [1.54, 1.807) is 0 Å². The normalized spacial score (nSPS) is 12.8. The Kier molecular flexibility index (Phi) is 6.44. The van der Waals surface area contributed by atoms with Gasteiger partial charge in [-0.25, -0.2) is 5.48 Å². The zero-order valence-corrected chi connectivity index (χ0v) is 12.2. The fourth-order valence-corrected chi connectivity index (χ4v) is 1.38. The lowest BCUT2D eigenvalue weighted by atomic mass is 10.1. The van der Waals surface area contributed by atoms with Gasteiger partial charge in [-0.3, -0.25) is 10.2 Å². The third-order valence-corrected chi connectivity index (χ3v) is 2.36. The van der Waals surface area contributed by atoms with Gasteiger partial charge in [0.25, 0.3) is 0 Å². The molecule has 0 bridgehead atoms. The van der Waals surface area contributed by atoms with Gasteiger partial charge in [0.1, 0.15) is 6.61 Å². The molecule has 0 aliphatic carbocycles. The molecule has 5 N–H and O–H groups in total. The predicted octanol–water partition coefficient (Wildman–Crippen LogP) is 1.30. The van der Waals surface area contributed by atoms with Crippen LogP contribution in [0.25, 0.3) is 0 Å². The van der Waals surface area contributed by atoms with E-state index in [4.69, 9.17) is 10.2 Å². The van der Waals surface area contributed by atoms with E-state index in [0.717, 1.165) is 5.69 Å². The van der Waals surface area contributed by atoms with Crippen LogP contribution in [0.4, 0.5) is 5.69 Å². The number of nitrogens with one attached hydrogen (secondary N) is 4. The molecule has 0 aliphatic rings. The van der Waals surface area contributed by atoms with Crippen LogP contribution in [-0.2, 0) is 4.84 Å². The number of hydrogen-bond acceptors (Lipinski definition) is 4. The van der Waals surface area contributed by atoms with Crippen molar-refractivity contribution in [2.45, 2.75) is 32.4 Å². The highest BCUT2D eigenvalue weighted by atomic mass is 16.7. The number of aliphatic hydroxyl groups excluding tert-OH is 1. The summed E-state index contributed by atoms with van der Waals surface area (Å²) in [6.07, 6.45) is -0.633. The Labute approximate surface area is 120 Å². The molecule has 0 aliphatic heterocycles. The van der Waals surface area contributed by atoms with Gasteiger partial charge in [0.05, 0.1) is 6.10 Å². The second-order valence-electron chi connectivity index (χ2n) is 5.56. The largest absolute Gasteiger partial charge is 0.389 e. The van der Waals surface area contributed by atoms with E-state index >= 15 is 0 Å². The lowest BCUT2D eigenvalue weighted by Gasteiger charge is -2.22. The number of β-amino-alcohol motifs (C(OH)–C–C–N with tert-alkyl or cyclic N) is 1. The maximum atomic E-state index is 9.70. The highest BCUT2D eigenvalue weighted by molar-refractivity contribution is 5.90. The average Bonchev–Trinajstić information content (AvgIpc) is 2.37. The summed E-state index contributed by atoms with van der Waals surface area (Å²) < 4.78 is 0. The number of anilines is 1. The molecule has 0 spiro atoms. The molecule has 0 aromatic heterocycles. The number of hydroxylamine groups is 1. The minimum atomic E-state index is -0.633. The minimum absolute atomic E-state index is 0.0205. The second kappa shape index (κ2) is 7.84. The first-order valence-corrected chi connectivity index (χ1v) is 6.58. The smallest absolute Gasteiger partial charge is 0.217 e. The van der Waals surface area contributed by atoms with Gasteiger partial charge in [0.15, 0.2) is 0 Å². The zero-order valence-electron chi connectivity index (χ0n) is 12.2. The monoisotopic (exact) mass is 280 g/mol. The Morgan fingerprint density at radius 3 is 2.55 bits per heavy atom. The van der Waals surface area contributed by atoms with Crippen molar-refractivity contribution < 1.29 is 9.94 Å². The lowest BCUT2D eigenvalue weighted by molar-refractivity contribution is 0.00567. The fraction of sp³-hybridized carbons (Fsp3) is 0.500. The molecule has 1 aromatic carbocycles. The number of hydrogen-bond donors (Lipinski definition) is 5. The third kappa shape index (κ3) is 7.73. The van der Waals surface area contributed by atoms with E-state index in [0.29, 0.717) is 6.54 Å². The summed E-state index contributed by atoms with van der Waals surface area (Å²) in [7, 11) is 0. The van der Waals surface area contributed by atoms with E-state index in [1.807, 2.05) is 51.1 Å². The van der Waals surface area contributed by atoms with Crippen molar-refractivity contribution >= 4 is 11.6 Å². The summed E-state index contributed by atoms with van der Waals surface area (Å²) in [6.45, 7) is 6.61. The van der Waals surface area contributed by atoms with Crippen LogP contribution in [0.5, 0.6) is 0 Å². The van der Waals surface area contributed by atoms with Crippen molar-refractivity contribution in [2.24, 2.45) is 0 Å². The minimum Gasteiger partial charge on any atom is -0.389 e. The molecule has 20 heavy (non-hydrogen) atoms. The van der Waals surface area contributed by atoms with Crippen molar-refractivity contribution in [1.82, 2.24) is 10.8 Å². The van der Waals surface area contributed by atoms with Crippen molar-refractivity contribution in [2.75, 3.05) is 18.5 Å². The SMILES string of the molecule is CC(C)(C)NCC(O)CONC(=N)Nc1ccccc1. The van der Waals surface area contributed by atoms with Gasteiger partial charge in [-0.15, -0.1) is 0 Å². The Bertz CT molecular complexity index is 403. The highest BCUT2D eigenvalue weighted by Crippen LogP contribution is 2.03. The second-order valence-corrected chi connectivity index (χ2v) is 5.56. The number of guanidine groups is 1. The highest BCUT2D eigenvalue weighted by Gasteiger charge is 2.12. The molecule has 1 rings (SSSR count). The maximum Gasteiger partial charge on any atom is 0.217 e. The van der Waals surface area contributed by atoms with E-state index in [9.17, 15) is 5.11 Å². The zero-order chi connectivity index (χ0) is 15.0. The fourth-order valence-electron chi connectivity index (χ4n) is 1.38. The van der Waals surface area contributed by atoms with Crippen LogP contribution >= 0.6 is 0 Å². The van der Waals surface area contributed by atoms with Gasteiger partial charge in [0.2, 0.25) is 5.96 Å². The molecular formula is C14H24N4O2. The van der Waals surface area contributed by atoms with Crippen molar-refractivity contribution in [3.05, 3.63) is 30.3 Å². The Hall–Kier alpha value is -1.63. The standard InChI is InChI=1S/C14H24N4O2/c1-14(2,3)16-9-12(19)10-20-18-13(15)17-11-7-5-4-6-8-11/h4-8,12,16,19H,9-10H2,1-3H3,(H3,15,17,18). The van der Waals surface area contributed by atoms with Crippen molar-refractivity contribution in [3.8, 4) is 0 Å². The molecule has 6 nitrogen and oxygen atoms in total. The van der Waals surface area contributed by atoms with E-state index in [2.05, 4.69) is 16.1 Å². The number of para-hydroxylation sites is 1. The van der Waals surface area contributed by atoms with Crippen LogP contribution in [0.2, 0.25) is 0 Å². The molecule has 0 saturated carbocycles. The third-order valence-electron chi connectivity index (χ3n) is 2.36. The molecule has 0 heterocycles. The lowest BCUT2D eigenvalue weighted by Crippen LogP contribution is -2.43. The quantitative estimate of drug-likeness (QED) is 0.308. The van der Waals surface area contributed by atoms with Crippen LogP contribution in [0.15, 0.2) is 30.3 Å². The van der Waals surface area contributed by atoms with Crippen LogP contribution in [-0.4, -0.2) is 35.9 Å². The first-order valence-electron chi connectivity index (χ1n) is 6.58. The van der Waals surface area contributed by atoms with Gasteiger partial charge in [0, 0.05) is 17.8 Å². The van der Waals surface area contributed by atoms with E-state index < -0.39 is 6.10 Å². The van der Waals surface area contributed by atoms with Gasteiger partial charge in [-0.2, -0.15) is 0 Å². The summed E-state index contributed by atoms with van der Waals surface area (Å²) in [6, 6.07) is 9.34. The number of rotatable bonds is 6. The number of aliphatic hydroxyl groups is 1. The van der Waals surface area contributed by atoms with Gasteiger partial charge >= 0.3 is 0 Å². The molecular weight excluding hydrogens is 256 g/mol. The maximum absolute atomic E-state index is 9.70. The molecule has 0 radical (unpaired) electrons. The van der Waals surface area contributed by atoms with Gasteiger partial charge in [-0.05, 0) is 32.9 Å². The van der Waals surface area contributed by atoms with Crippen molar-refractivity contribution in [3.63, 3.8) is 0 Å². The predicted molar refractivity (Wildman–Crippen MR) is 80.6 cm³/mol. The Balaban J connectivity index is 2.16. The summed E-state index contributed by atoms with van der Waals surface area (Å²) in [4.78, 5) is 5.07. The molecule has 0 amide bonds. The molecule has 1 unspecified atom stereocenters. The van der Waals surface area contributed by atoms with E-state index in [1.165, 1.54) is 0 Å². The summed E-state index contributed by atoms with van der Waals surface area (Å²) in [5.74, 6) is 0.0205. The molecule has 1 atom stereocenters. The molecule has 1 aromatic rings. The van der Waals surface area contributed by atoms with Gasteiger partial charge in [-0.1, -0.05) is 18.2 Å². The van der Waals surface area contributed by atoms with Crippen LogP contribution in [0, 0.1) is 5.41 Å². The average molecular weight is 280 g/mol. The first-order chi connectivity index (χ1) is 9.37. The van der Waals surface area contributed by atoms with Crippen LogP contribution in [0.3, 0.4) is 0 Å². The molecule has 112 valence electrons. The van der Waals surface area contributed by atoms with Crippen molar-refractivity contribution in [1.29, 1.82) is 5.41 Å². The number of benzene rings is 1. The first kappa shape index (κ1) is 16.4. The molecule has 0 fully saturated rings. The summed E-state index contributed by atoms with van der Waals surface area (Å²) >= 11 is 0. The molecule has 0 saturated heterocycles. The topological polar surface area (TPSA) is 89.4 Å². The van der Waals surface area contributed by atoms with Crippen LogP contribution < -0.4 is 16.1 Å². The molecule has 6 heteroatoms. The Morgan fingerprint density at radius 1 is 1.30 bits per heavy atom. The van der Waals surface area contributed by atoms with Gasteiger partial charge < -0.3 is 15.7 Å². The summed E-state index contributed by atoms with van der Waals surface area (Å²) in [5, 5.41) is 23.3. The van der Waals surface area contributed by atoms with Crippen LogP contribution in [0.1, 0.15) is 20.8 Å². The Morgan fingerprint density at radius 2 is 1.95 bits per heavy atom.